The smallest absolute Gasteiger partial charge is 0.305 e. The Morgan fingerprint density at radius 1 is 0.941 bits per heavy atom. The highest BCUT2D eigenvalue weighted by atomic mass is 32.2. The van der Waals surface area contributed by atoms with Gasteiger partial charge in [0.2, 0.25) is 11.8 Å². The van der Waals surface area contributed by atoms with E-state index in [4.69, 9.17) is 4.74 Å². The molecular formula is C26H22N2O4S2. The molecule has 2 amide bonds. The second kappa shape index (κ2) is 7.33. The molecule has 1 aromatic heterocycles. The number of rotatable bonds is 3. The number of carbonyl (C=O) groups is 2. The standard InChI is InChI=1S/C26H22N2O4S2/c1-32-14-9-7-12(8-10-14)17-18-15-11-16(21(18)33-23-22(17)34-26(31)27-23)20-19(15)24(29)28(25(20)30)13-5-3-2-4-6-13/h2-10,15-21H,11H2,1H3,(H,27,31)/t15-,16-,17+,18-,19+,20+,21-/m1/s1. The molecule has 0 unspecified atom stereocenters. The molecule has 3 fully saturated rings. The van der Waals surface area contributed by atoms with Crippen molar-refractivity contribution in [3.05, 3.63) is 74.7 Å². The van der Waals surface area contributed by atoms with Gasteiger partial charge in [0.1, 0.15) is 5.75 Å². The predicted octanol–water partition coefficient (Wildman–Crippen LogP) is 4.12. The number of imide groups is 1. The number of H-pyrrole nitrogens is 1. The van der Waals surface area contributed by atoms with Crippen molar-refractivity contribution < 1.29 is 14.3 Å². The Hall–Kier alpha value is -2.84. The number of thiazole rings is 1. The minimum absolute atomic E-state index is 0.0285. The summed E-state index contributed by atoms with van der Waals surface area (Å²) >= 11 is 2.99. The molecule has 1 N–H and O–H groups in total. The van der Waals surface area contributed by atoms with E-state index in [0.29, 0.717) is 5.69 Å². The van der Waals surface area contributed by atoms with Gasteiger partial charge >= 0.3 is 4.87 Å². The van der Waals surface area contributed by atoms with Gasteiger partial charge in [-0.05, 0) is 54.0 Å². The molecule has 7 rings (SSSR count). The van der Waals surface area contributed by atoms with Gasteiger partial charge in [-0.3, -0.25) is 19.3 Å². The summed E-state index contributed by atoms with van der Waals surface area (Å²) < 4.78 is 5.36. The molecule has 3 heterocycles. The number of para-hydroxylation sites is 1. The number of hydrogen-bond donors (Lipinski definition) is 1. The zero-order chi connectivity index (χ0) is 23.1. The van der Waals surface area contributed by atoms with Crippen molar-refractivity contribution >= 4 is 40.6 Å². The van der Waals surface area contributed by atoms with E-state index in [0.717, 1.165) is 27.6 Å². The third-order valence-electron chi connectivity index (χ3n) is 8.21. The maximum Gasteiger partial charge on any atom is 0.305 e. The number of aromatic nitrogens is 1. The highest BCUT2D eigenvalue weighted by molar-refractivity contribution is 8.00. The van der Waals surface area contributed by atoms with E-state index in [2.05, 4.69) is 17.1 Å². The first-order valence-corrected chi connectivity index (χ1v) is 13.2. The van der Waals surface area contributed by atoms with Gasteiger partial charge in [-0.15, -0.1) is 11.8 Å². The number of fused-ring (bicyclic) bond motifs is 9. The summed E-state index contributed by atoms with van der Waals surface area (Å²) in [7, 11) is 1.65. The number of methoxy groups -OCH3 is 1. The Bertz CT molecular complexity index is 1370. The molecule has 2 aliphatic carbocycles. The van der Waals surface area contributed by atoms with Crippen molar-refractivity contribution in [1.82, 2.24) is 4.98 Å². The van der Waals surface area contributed by atoms with Crippen LogP contribution >= 0.6 is 23.1 Å². The fraction of sp³-hybridized carbons (Fsp3) is 0.346. The van der Waals surface area contributed by atoms with Crippen LogP contribution < -0.4 is 14.5 Å². The molecule has 172 valence electrons. The Morgan fingerprint density at radius 2 is 1.65 bits per heavy atom. The van der Waals surface area contributed by atoms with Gasteiger partial charge in [0.25, 0.3) is 0 Å². The largest absolute Gasteiger partial charge is 0.497 e. The van der Waals surface area contributed by atoms with Crippen LogP contribution in [0.3, 0.4) is 0 Å². The quantitative estimate of drug-likeness (QED) is 0.559. The Kier molecular flexibility index (Phi) is 4.42. The summed E-state index contributed by atoms with van der Waals surface area (Å²) in [5.74, 6) is 0.611. The van der Waals surface area contributed by atoms with Crippen LogP contribution in [0.15, 0.2) is 64.4 Å². The van der Waals surface area contributed by atoms with Crippen molar-refractivity contribution in [2.75, 3.05) is 12.0 Å². The molecular weight excluding hydrogens is 468 g/mol. The Balaban J connectivity index is 1.33. The number of nitrogens with one attached hydrogen (secondary N) is 1. The van der Waals surface area contributed by atoms with Gasteiger partial charge in [-0.25, -0.2) is 0 Å². The average molecular weight is 491 g/mol. The van der Waals surface area contributed by atoms with E-state index in [1.54, 1.807) is 18.9 Å². The Labute approximate surface area is 204 Å². The highest BCUT2D eigenvalue weighted by Crippen LogP contribution is 2.68. The molecule has 2 saturated carbocycles. The molecule has 2 aliphatic heterocycles. The fourth-order valence-corrected chi connectivity index (χ4v) is 9.92. The van der Waals surface area contributed by atoms with E-state index in [9.17, 15) is 14.4 Å². The van der Waals surface area contributed by atoms with Gasteiger partial charge < -0.3 is 9.72 Å². The van der Waals surface area contributed by atoms with Crippen molar-refractivity contribution in [2.24, 2.45) is 29.6 Å². The summed E-state index contributed by atoms with van der Waals surface area (Å²) in [6, 6.07) is 17.4. The number of thioether (sulfide) groups is 1. The van der Waals surface area contributed by atoms with Crippen molar-refractivity contribution in [2.45, 2.75) is 22.6 Å². The maximum absolute atomic E-state index is 13.7. The van der Waals surface area contributed by atoms with Crippen molar-refractivity contribution in [1.29, 1.82) is 0 Å². The lowest BCUT2D eigenvalue weighted by molar-refractivity contribution is -0.123. The molecule has 7 atom stereocenters. The summed E-state index contributed by atoms with van der Waals surface area (Å²) in [6.07, 6.45) is 0.892. The second-order valence-corrected chi connectivity index (χ2v) is 11.8. The summed E-state index contributed by atoms with van der Waals surface area (Å²) in [5.41, 5.74) is 1.80. The lowest BCUT2D eigenvalue weighted by Crippen LogP contribution is -2.42. The van der Waals surface area contributed by atoms with E-state index < -0.39 is 0 Å². The van der Waals surface area contributed by atoms with Gasteiger partial charge in [-0.1, -0.05) is 41.7 Å². The molecule has 0 radical (unpaired) electrons. The maximum atomic E-state index is 13.7. The summed E-state index contributed by atoms with van der Waals surface area (Å²) in [4.78, 5) is 45.1. The number of nitrogens with zero attached hydrogens (tertiary/aromatic N) is 1. The average Bonchev–Trinajstić information content (AvgIpc) is 3.58. The number of hydrogen-bond acceptors (Lipinski definition) is 6. The SMILES string of the molecule is COc1ccc([C@@H]2c3sc(=O)[nH]c3S[C@@H]3[C@@H]4C[C@@H]([C@@H]5C(=O)N(c6ccccc6)C(=O)[C@@H]45)[C@H]23)cc1. The lowest BCUT2D eigenvalue weighted by atomic mass is 9.68. The van der Waals surface area contributed by atoms with E-state index >= 15 is 0 Å². The number of amides is 2. The molecule has 2 bridgehead atoms. The van der Waals surface area contributed by atoms with E-state index in [-0.39, 0.29) is 57.4 Å². The number of anilines is 1. The van der Waals surface area contributed by atoms with Crippen LogP contribution in [0.25, 0.3) is 0 Å². The molecule has 6 nitrogen and oxygen atoms in total. The monoisotopic (exact) mass is 490 g/mol. The fourth-order valence-electron chi connectivity index (χ4n) is 7.03. The van der Waals surface area contributed by atoms with E-state index in [1.807, 2.05) is 42.5 Å². The van der Waals surface area contributed by atoms with Crippen LogP contribution in [0.2, 0.25) is 0 Å². The zero-order valence-electron chi connectivity index (χ0n) is 18.3. The minimum Gasteiger partial charge on any atom is -0.497 e. The third kappa shape index (κ3) is 2.66. The summed E-state index contributed by atoms with van der Waals surface area (Å²) in [5, 5.41) is 1.13. The molecule has 3 aromatic rings. The first-order valence-electron chi connectivity index (χ1n) is 11.5. The first-order chi connectivity index (χ1) is 16.6. The second-order valence-electron chi connectivity index (χ2n) is 9.58. The first kappa shape index (κ1) is 20.5. The molecule has 8 heteroatoms. The number of benzene rings is 2. The van der Waals surface area contributed by atoms with Crippen LogP contribution in [0, 0.1) is 29.6 Å². The third-order valence-corrected chi connectivity index (χ3v) is 10.8. The van der Waals surface area contributed by atoms with Crippen LogP contribution in [0.5, 0.6) is 5.75 Å². The van der Waals surface area contributed by atoms with Crippen LogP contribution in [-0.2, 0) is 9.59 Å². The molecule has 4 aliphatic rings. The normalized spacial score (nSPS) is 33.1. The number of ether oxygens (including phenoxy) is 1. The van der Waals surface area contributed by atoms with Gasteiger partial charge in [0.05, 0.1) is 29.7 Å². The number of carbonyl (C=O) groups excluding carboxylic acids is 2. The van der Waals surface area contributed by atoms with Gasteiger partial charge in [0.15, 0.2) is 0 Å². The predicted molar refractivity (Wildman–Crippen MR) is 130 cm³/mol. The zero-order valence-corrected chi connectivity index (χ0v) is 20.0. The van der Waals surface area contributed by atoms with Gasteiger partial charge in [-0.2, -0.15) is 0 Å². The van der Waals surface area contributed by atoms with Crippen LogP contribution in [0.4, 0.5) is 5.69 Å². The van der Waals surface area contributed by atoms with E-state index in [1.165, 1.54) is 16.2 Å². The van der Waals surface area contributed by atoms with Crippen LogP contribution in [-0.4, -0.2) is 29.2 Å². The highest BCUT2D eigenvalue weighted by Gasteiger charge is 2.69. The lowest BCUT2D eigenvalue weighted by Gasteiger charge is -2.43. The van der Waals surface area contributed by atoms with Crippen molar-refractivity contribution in [3.63, 3.8) is 0 Å². The minimum atomic E-state index is -0.280. The topological polar surface area (TPSA) is 79.5 Å². The molecule has 0 spiro atoms. The Morgan fingerprint density at radius 3 is 2.35 bits per heavy atom. The molecule has 34 heavy (non-hydrogen) atoms. The van der Waals surface area contributed by atoms with Crippen molar-refractivity contribution in [3.8, 4) is 5.75 Å². The molecule has 1 saturated heterocycles. The number of aromatic amines is 1. The molecule has 2 aromatic carbocycles. The summed E-state index contributed by atoms with van der Waals surface area (Å²) in [6.45, 7) is 0. The van der Waals surface area contributed by atoms with Crippen LogP contribution in [0.1, 0.15) is 22.8 Å². The van der Waals surface area contributed by atoms with Gasteiger partial charge in [0, 0.05) is 16.0 Å².